The summed E-state index contributed by atoms with van der Waals surface area (Å²) in [7, 11) is -3.81. The molecule has 0 saturated carbocycles. The third-order valence-corrected chi connectivity index (χ3v) is 7.50. The molecule has 9 heteroatoms. The number of nitrogens with one attached hydrogen (secondary N) is 3. The average molecular weight is 520 g/mol. The largest absolute Gasteiger partial charge is 0.324 e. The smallest absolute Gasteiger partial charge is 0.276 e. The quantitative estimate of drug-likeness (QED) is 0.256. The molecule has 0 unspecified atom stereocenters. The normalized spacial score (nSPS) is 11.5. The number of rotatable bonds is 6. The van der Waals surface area contributed by atoms with Gasteiger partial charge in [-0.2, -0.15) is 0 Å². The van der Waals surface area contributed by atoms with Crippen molar-refractivity contribution < 1.29 is 13.2 Å². The van der Waals surface area contributed by atoms with Crippen LogP contribution in [0.25, 0.3) is 32.9 Å². The van der Waals surface area contributed by atoms with Gasteiger partial charge >= 0.3 is 0 Å². The molecule has 38 heavy (non-hydrogen) atoms. The van der Waals surface area contributed by atoms with E-state index in [1.54, 1.807) is 54.7 Å². The van der Waals surface area contributed by atoms with Crippen LogP contribution in [0.2, 0.25) is 0 Å². The molecule has 0 saturated heterocycles. The number of pyridine rings is 1. The fourth-order valence-corrected chi connectivity index (χ4v) is 5.23. The zero-order chi connectivity index (χ0) is 26.1. The van der Waals surface area contributed by atoms with Crippen LogP contribution in [0, 0.1) is 0 Å². The second kappa shape index (κ2) is 9.45. The molecule has 2 aromatic heterocycles. The number of hydrogen-bond acceptors (Lipinski definition) is 5. The monoisotopic (exact) mass is 519 g/mol. The number of nitrogens with zero attached hydrogens (tertiary/aromatic N) is 2. The van der Waals surface area contributed by atoms with E-state index in [9.17, 15) is 13.2 Å². The lowest BCUT2D eigenvalue weighted by Crippen LogP contribution is -2.14. The van der Waals surface area contributed by atoms with Crippen molar-refractivity contribution in [3.63, 3.8) is 0 Å². The summed E-state index contributed by atoms with van der Waals surface area (Å²) in [6.45, 7) is 0. The van der Waals surface area contributed by atoms with Gasteiger partial charge in [-0.3, -0.25) is 19.8 Å². The Morgan fingerprint density at radius 2 is 1.47 bits per heavy atom. The Morgan fingerprint density at radius 1 is 0.763 bits per heavy atom. The van der Waals surface area contributed by atoms with E-state index in [4.69, 9.17) is 0 Å². The van der Waals surface area contributed by atoms with Gasteiger partial charge in [0.25, 0.3) is 15.9 Å². The van der Waals surface area contributed by atoms with E-state index >= 15 is 0 Å². The van der Waals surface area contributed by atoms with Gasteiger partial charge in [0.1, 0.15) is 5.69 Å². The van der Waals surface area contributed by atoms with Gasteiger partial charge in [-0.25, -0.2) is 13.4 Å². The average Bonchev–Trinajstić information content (AvgIpc) is 3.34. The number of benzene rings is 4. The van der Waals surface area contributed by atoms with Crippen molar-refractivity contribution in [1.82, 2.24) is 15.0 Å². The molecule has 2 heterocycles. The van der Waals surface area contributed by atoms with E-state index in [2.05, 4.69) is 25.0 Å². The highest BCUT2D eigenvalue weighted by molar-refractivity contribution is 7.92. The van der Waals surface area contributed by atoms with Crippen LogP contribution in [-0.2, 0) is 10.0 Å². The first-order chi connectivity index (χ1) is 18.4. The number of H-pyrrole nitrogens is 1. The number of hydrogen-bond donors (Lipinski definition) is 3. The van der Waals surface area contributed by atoms with Gasteiger partial charge in [-0.1, -0.05) is 66.7 Å². The lowest BCUT2D eigenvalue weighted by atomic mass is 10.1. The van der Waals surface area contributed by atoms with Crippen LogP contribution in [0.5, 0.6) is 0 Å². The Labute approximate surface area is 218 Å². The van der Waals surface area contributed by atoms with E-state index < -0.39 is 15.9 Å². The molecule has 0 atom stereocenters. The molecule has 1 amide bonds. The summed E-state index contributed by atoms with van der Waals surface area (Å²) >= 11 is 0. The van der Waals surface area contributed by atoms with Gasteiger partial charge in [0.05, 0.1) is 21.6 Å². The summed E-state index contributed by atoms with van der Waals surface area (Å²) in [6.07, 6.45) is 1.65. The summed E-state index contributed by atoms with van der Waals surface area (Å²) < 4.78 is 28.6. The van der Waals surface area contributed by atoms with Gasteiger partial charge in [-0.05, 0) is 52.9 Å². The molecule has 0 aliphatic carbocycles. The molecule has 0 fully saturated rings. The van der Waals surface area contributed by atoms with Crippen molar-refractivity contribution in [1.29, 1.82) is 0 Å². The van der Waals surface area contributed by atoms with Crippen molar-refractivity contribution in [2.24, 2.45) is 0 Å². The first kappa shape index (κ1) is 23.4. The predicted octanol–water partition coefficient (Wildman–Crippen LogP) is 5.83. The number of aromatic amines is 1. The molecule has 0 aliphatic heterocycles. The predicted molar refractivity (Wildman–Crippen MR) is 148 cm³/mol. The van der Waals surface area contributed by atoms with Crippen molar-refractivity contribution in [2.75, 3.05) is 10.0 Å². The molecule has 8 nitrogen and oxygen atoms in total. The van der Waals surface area contributed by atoms with Crippen LogP contribution >= 0.6 is 0 Å². The van der Waals surface area contributed by atoms with Crippen LogP contribution in [-0.4, -0.2) is 29.3 Å². The lowest BCUT2D eigenvalue weighted by Gasteiger charge is -2.09. The lowest BCUT2D eigenvalue weighted by molar-refractivity contribution is 0.102. The minimum atomic E-state index is -3.81. The molecule has 0 radical (unpaired) electrons. The Balaban J connectivity index is 1.19. The van der Waals surface area contributed by atoms with Gasteiger partial charge in [-0.15, -0.1) is 0 Å². The standard InChI is InChI=1S/C29H21N5O3S/c35-28(27-16-21-8-4-5-9-22(21)18-30-27)33-29-31-25-15-12-23(17-26(25)32-29)34-38(36,37)24-13-10-20(11-14-24)19-6-2-1-3-7-19/h1-18,34H,(H2,31,32,33,35). The third-order valence-electron chi connectivity index (χ3n) is 6.10. The van der Waals surface area contributed by atoms with Crippen LogP contribution < -0.4 is 10.0 Å². The van der Waals surface area contributed by atoms with Gasteiger partial charge in [0, 0.05) is 11.6 Å². The number of aromatic nitrogens is 3. The fraction of sp³-hybridized carbons (Fsp3) is 0. The van der Waals surface area contributed by atoms with Crippen molar-refractivity contribution in [2.45, 2.75) is 4.90 Å². The molecule has 186 valence electrons. The zero-order valence-corrected chi connectivity index (χ0v) is 20.7. The molecule has 0 spiro atoms. The molecular weight excluding hydrogens is 498 g/mol. The van der Waals surface area contributed by atoms with Crippen molar-refractivity contribution >= 4 is 49.4 Å². The minimum absolute atomic E-state index is 0.151. The summed E-state index contributed by atoms with van der Waals surface area (Å²) in [4.78, 5) is 24.5. The number of sulfonamides is 1. The Bertz CT molecular complexity index is 1900. The van der Waals surface area contributed by atoms with E-state index in [-0.39, 0.29) is 16.5 Å². The number of carbonyl (C=O) groups is 1. The summed E-state index contributed by atoms with van der Waals surface area (Å²) in [5.74, 6) is -0.175. The second-order valence-corrected chi connectivity index (χ2v) is 10.4. The van der Waals surface area contributed by atoms with Crippen molar-refractivity contribution in [3.05, 3.63) is 115 Å². The van der Waals surface area contributed by atoms with E-state index in [1.807, 2.05) is 54.6 Å². The third kappa shape index (κ3) is 4.70. The van der Waals surface area contributed by atoms with Crippen LogP contribution in [0.15, 0.2) is 114 Å². The first-order valence-electron chi connectivity index (χ1n) is 11.8. The zero-order valence-electron chi connectivity index (χ0n) is 19.9. The molecule has 0 aliphatic rings. The number of anilines is 2. The molecule has 3 N–H and O–H groups in total. The highest BCUT2D eigenvalue weighted by atomic mass is 32.2. The highest BCUT2D eigenvalue weighted by Crippen LogP contribution is 2.25. The summed E-state index contributed by atoms with van der Waals surface area (Å²) in [6, 6.07) is 30.7. The second-order valence-electron chi connectivity index (χ2n) is 8.68. The van der Waals surface area contributed by atoms with Gasteiger partial charge in [0.15, 0.2) is 0 Å². The van der Waals surface area contributed by atoms with Crippen LogP contribution in [0.3, 0.4) is 0 Å². The van der Waals surface area contributed by atoms with Gasteiger partial charge < -0.3 is 4.98 Å². The van der Waals surface area contributed by atoms with Crippen LogP contribution in [0.1, 0.15) is 10.5 Å². The summed E-state index contributed by atoms with van der Waals surface area (Å²) in [5.41, 5.74) is 3.69. The fourth-order valence-electron chi connectivity index (χ4n) is 4.18. The first-order valence-corrected chi connectivity index (χ1v) is 13.3. The van der Waals surface area contributed by atoms with Gasteiger partial charge in [0.2, 0.25) is 5.95 Å². The number of carbonyl (C=O) groups excluding carboxylic acids is 1. The number of imidazole rings is 1. The Hall–Kier alpha value is -5.02. The van der Waals surface area contributed by atoms with E-state index in [0.717, 1.165) is 21.9 Å². The number of amides is 1. The van der Waals surface area contributed by atoms with E-state index in [1.165, 1.54) is 0 Å². The molecule has 6 rings (SSSR count). The maximum atomic E-state index is 13.0. The summed E-state index contributed by atoms with van der Waals surface area (Å²) in [5, 5.41) is 4.56. The van der Waals surface area contributed by atoms with E-state index in [0.29, 0.717) is 16.7 Å². The van der Waals surface area contributed by atoms with Crippen LogP contribution in [0.4, 0.5) is 11.6 Å². The Morgan fingerprint density at radius 3 is 2.26 bits per heavy atom. The SMILES string of the molecule is O=C(Nc1nc2ccc(NS(=O)(=O)c3ccc(-c4ccccc4)cc3)cc2[nH]1)c1cc2ccccc2cn1. The molecule has 4 aromatic carbocycles. The highest BCUT2D eigenvalue weighted by Gasteiger charge is 2.16. The molecular formula is C29H21N5O3S. The Kier molecular flexibility index (Phi) is 5.82. The topological polar surface area (TPSA) is 117 Å². The van der Waals surface area contributed by atoms with Crippen molar-refractivity contribution in [3.8, 4) is 11.1 Å². The maximum absolute atomic E-state index is 13.0. The maximum Gasteiger partial charge on any atom is 0.276 e. The molecule has 0 bridgehead atoms. The molecule has 6 aromatic rings. The minimum Gasteiger partial charge on any atom is -0.324 e. The number of fused-ring (bicyclic) bond motifs is 2.